The number of nitrogens with zero attached hydrogens (tertiary/aromatic N) is 1. The highest BCUT2D eigenvalue weighted by Crippen LogP contribution is 2.10. The maximum absolute atomic E-state index is 9.56. The highest BCUT2D eigenvalue weighted by atomic mass is 16.6. The number of rotatable bonds is 5. The second kappa shape index (κ2) is 5.54. The lowest BCUT2D eigenvalue weighted by molar-refractivity contribution is -0.232. The maximum atomic E-state index is 9.56. The third kappa shape index (κ3) is 6.95. The van der Waals surface area contributed by atoms with Crippen LogP contribution < -0.4 is 5.32 Å². The van der Waals surface area contributed by atoms with Gasteiger partial charge in [0.1, 0.15) is 0 Å². The largest absolute Gasteiger partial charge is 0.356 e. The molecule has 13 heavy (non-hydrogen) atoms. The van der Waals surface area contributed by atoms with E-state index in [2.05, 4.69) is 5.32 Å². The van der Waals surface area contributed by atoms with Crippen LogP contribution in [0.4, 0.5) is 0 Å². The molecule has 0 amide bonds. The summed E-state index contributed by atoms with van der Waals surface area (Å²) in [6, 6.07) is 0. The van der Waals surface area contributed by atoms with E-state index in [1.807, 2.05) is 34.9 Å². The zero-order valence-corrected chi connectivity index (χ0v) is 9.29. The fourth-order valence-electron chi connectivity index (χ4n) is 0.805. The molecule has 4 nitrogen and oxygen atoms in total. The summed E-state index contributed by atoms with van der Waals surface area (Å²) in [6.07, 6.45) is -0.826. The van der Waals surface area contributed by atoms with Crippen molar-refractivity contribution in [2.24, 2.45) is 0 Å². The van der Waals surface area contributed by atoms with E-state index in [-0.39, 0.29) is 5.60 Å². The second-order valence-electron chi connectivity index (χ2n) is 4.14. The Bertz CT molecular complexity index is 134. The van der Waals surface area contributed by atoms with Crippen LogP contribution in [0.5, 0.6) is 0 Å². The van der Waals surface area contributed by atoms with Crippen LogP contribution in [0.25, 0.3) is 0 Å². The van der Waals surface area contributed by atoms with E-state index >= 15 is 0 Å². The molecule has 0 fully saturated rings. The minimum absolute atomic E-state index is 0.312. The van der Waals surface area contributed by atoms with Crippen LogP contribution in [-0.4, -0.2) is 49.2 Å². The van der Waals surface area contributed by atoms with Gasteiger partial charge in [-0.25, -0.2) is 0 Å². The van der Waals surface area contributed by atoms with Gasteiger partial charge in [-0.1, -0.05) is 0 Å². The van der Waals surface area contributed by atoms with Crippen LogP contribution in [0.3, 0.4) is 0 Å². The second-order valence-corrected chi connectivity index (χ2v) is 4.14. The average Bonchev–Trinajstić information content (AvgIpc) is 1.96. The third-order valence-electron chi connectivity index (χ3n) is 1.55. The summed E-state index contributed by atoms with van der Waals surface area (Å²) in [4.78, 5) is 1.75. The topological polar surface area (TPSA) is 44.7 Å². The molecular formula is C9H22N2O2. The Morgan fingerprint density at radius 2 is 2.00 bits per heavy atom. The lowest BCUT2D eigenvalue weighted by atomic mass is 10.2. The molecule has 0 aromatic carbocycles. The molecule has 0 radical (unpaired) electrons. The van der Waals surface area contributed by atoms with Crippen molar-refractivity contribution in [3.05, 3.63) is 0 Å². The standard InChI is InChI=1S/C9H22N2O2/c1-9(2,3)13-8(12)11(5)7-6-10-4/h8,10,12H,6-7H2,1-5H3. The van der Waals surface area contributed by atoms with Crippen molar-refractivity contribution < 1.29 is 9.84 Å². The molecule has 0 aromatic rings. The van der Waals surface area contributed by atoms with Gasteiger partial charge in [-0.15, -0.1) is 0 Å². The van der Waals surface area contributed by atoms with Crippen LogP contribution in [0.2, 0.25) is 0 Å². The zero-order valence-electron chi connectivity index (χ0n) is 9.29. The highest BCUT2D eigenvalue weighted by molar-refractivity contribution is 4.60. The molecule has 0 rings (SSSR count). The Morgan fingerprint density at radius 3 is 2.38 bits per heavy atom. The number of ether oxygens (including phenoxy) is 1. The molecule has 0 saturated heterocycles. The molecule has 0 aromatic heterocycles. The molecule has 1 atom stereocenters. The van der Waals surface area contributed by atoms with E-state index in [1.54, 1.807) is 4.90 Å². The maximum Gasteiger partial charge on any atom is 0.216 e. The van der Waals surface area contributed by atoms with Gasteiger partial charge in [-0.3, -0.25) is 4.90 Å². The molecular weight excluding hydrogens is 168 g/mol. The van der Waals surface area contributed by atoms with E-state index in [1.165, 1.54) is 0 Å². The van der Waals surface area contributed by atoms with Gasteiger partial charge in [0.05, 0.1) is 5.60 Å². The first-order valence-electron chi connectivity index (χ1n) is 4.57. The van der Waals surface area contributed by atoms with Gasteiger partial charge in [0.15, 0.2) is 0 Å². The van der Waals surface area contributed by atoms with Gasteiger partial charge in [-0.2, -0.15) is 0 Å². The summed E-state index contributed by atoms with van der Waals surface area (Å²) < 4.78 is 5.35. The fraction of sp³-hybridized carbons (Fsp3) is 1.00. The Kier molecular flexibility index (Phi) is 5.48. The minimum atomic E-state index is -0.826. The number of likely N-dealkylation sites (N-methyl/N-ethyl adjacent to an activating group) is 2. The summed E-state index contributed by atoms with van der Waals surface area (Å²) in [6.45, 7) is 7.35. The van der Waals surface area contributed by atoms with Crippen molar-refractivity contribution in [3.8, 4) is 0 Å². The molecule has 1 unspecified atom stereocenters. The predicted molar refractivity (Wildman–Crippen MR) is 53.4 cm³/mol. The van der Waals surface area contributed by atoms with Gasteiger partial charge < -0.3 is 15.2 Å². The van der Waals surface area contributed by atoms with Gasteiger partial charge in [0, 0.05) is 13.1 Å². The summed E-state index contributed by atoms with van der Waals surface area (Å²) >= 11 is 0. The number of nitrogens with one attached hydrogen (secondary N) is 1. The molecule has 0 saturated carbocycles. The van der Waals surface area contributed by atoms with Crippen LogP contribution in [0.15, 0.2) is 0 Å². The Morgan fingerprint density at radius 1 is 1.46 bits per heavy atom. The van der Waals surface area contributed by atoms with Crippen molar-refractivity contribution >= 4 is 0 Å². The van der Waals surface area contributed by atoms with Crippen LogP contribution in [0.1, 0.15) is 20.8 Å². The van der Waals surface area contributed by atoms with Crippen molar-refractivity contribution in [2.75, 3.05) is 27.2 Å². The number of aliphatic hydroxyl groups excluding tert-OH is 1. The van der Waals surface area contributed by atoms with Crippen LogP contribution >= 0.6 is 0 Å². The number of hydrogen-bond acceptors (Lipinski definition) is 4. The van der Waals surface area contributed by atoms with E-state index in [9.17, 15) is 5.11 Å². The molecule has 0 spiro atoms. The van der Waals surface area contributed by atoms with Crippen molar-refractivity contribution in [1.82, 2.24) is 10.2 Å². The molecule has 0 bridgehead atoms. The van der Waals surface area contributed by atoms with Crippen LogP contribution in [0, 0.1) is 0 Å². The summed E-state index contributed by atoms with van der Waals surface area (Å²) in [7, 11) is 3.71. The van der Waals surface area contributed by atoms with Crippen molar-refractivity contribution in [3.63, 3.8) is 0 Å². The van der Waals surface area contributed by atoms with E-state index < -0.39 is 6.41 Å². The number of hydrogen-bond donors (Lipinski definition) is 2. The zero-order chi connectivity index (χ0) is 10.5. The fourth-order valence-corrected chi connectivity index (χ4v) is 0.805. The highest BCUT2D eigenvalue weighted by Gasteiger charge is 2.19. The molecule has 80 valence electrons. The quantitative estimate of drug-likeness (QED) is 0.609. The molecule has 0 heterocycles. The summed E-state index contributed by atoms with van der Waals surface area (Å²) in [5.74, 6) is 0. The van der Waals surface area contributed by atoms with Gasteiger partial charge in [-0.05, 0) is 34.9 Å². The molecule has 2 N–H and O–H groups in total. The first-order chi connectivity index (χ1) is 5.87. The Labute approximate surface area is 80.9 Å². The van der Waals surface area contributed by atoms with Crippen LogP contribution in [-0.2, 0) is 4.74 Å². The van der Waals surface area contributed by atoms with Gasteiger partial charge >= 0.3 is 0 Å². The molecule has 4 heteroatoms. The summed E-state index contributed by atoms with van der Waals surface area (Å²) in [5.41, 5.74) is -0.312. The molecule has 0 aliphatic carbocycles. The number of aliphatic hydroxyl groups is 1. The van der Waals surface area contributed by atoms with E-state index in [0.29, 0.717) is 0 Å². The normalized spacial score (nSPS) is 15.0. The summed E-state index contributed by atoms with van der Waals surface area (Å²) in [5, 5.41) is 12.6. The first kappa shape index (κ1) is 12.8. The van der Waals surface area contributed by atoms with E-state index in [4.69, 9.17) is 4.74 Å². The monoisotopic (exact) mass is 190 g/mol. The Balaban J connectivity index is 3.75. The average molecular weight is 190 g/mol. The lowest BCUT2D eigenvalue weighted by Crippen LogP contribution is -2.41. The SMILES string of the molecule is CNCCN(C)C(O)OC(C)(C)C. The van der Waals surface area contributed by atoms with E-state index in [0.717, 1.165) is 13.1 Å². The van der Waals surface area contributed by atoms with Gasteiger partial charge in [0.25, 0.3) is 0 Å². The Hall–Kier alpha value is -0.160. The smallest absolute Gasteiger partial charge is 0.216 e. The molecule has 0 aliphatic heterocycles. The predicted octanol–water partition coefficient (Wildman–Crippen LogP) is 0.229. The third-order valence-corrected chi connectivity index (χ3v) is 1.55. The van der Waals surface area contributed by atoms with Gasteiger partial charge in [0.2, 0.25) is 6.41 Å². The van der Waals surface area contributed by atoms with Crippen molar-refractivity contribution in [2.45, 2.75) is 32.8 Å². The van der Waals surface area contributed by atoms with Crippen molar-refractivity contribution in [1.29, 1.82) is 0 Å². The first-order valence-corrected chi connectivity index (χ1v) is 4.57. The minimum Gasteiger partial charge on any atom is -0.356 e. The molecule has 0 aliphatic rings. The lowest BCUT2D eigenvalue weighted by Gasteiger charge is -2.29.